The Morgan fingerprint density at radius 2 is 1.77 bits per heavy atom. The summed E-state index contributed by atoms with van der Waals surface area (Å²) in [5, 5.41) is 12.9. The Balaban J connectivity index is 1.93. The van der Waals surface area contributed by atoms with Gasteiger partial charge in [-0.1, -0.05) is 23.2 Å². The number of piperazine rings is 1. The van der Waals surface area contributed by atoms with E-state index in [1.807, 2.05) is 0 Å². The molecule has 1 aromatic carbocycles. The van der Waals surface area contributed by atoms with Crippen LogP contribution in [0.1, 0.15) is 0 Å². The molecular weight excluding hydrogens is 325 g/mol. The number of hydrogen-bond acceptors (Lipinski definition) is 6. The van der Waals surface area contributed by atoms with Crippen LogP contribution in [-0.4, -0.2) is 63.2 Å². The molecule has 7 nitrogen and oxygen atoms in total. The molecular formula is C13H13Cl2N7. The predicted molar refractivity (Wildman–Crippen MR) is 85.8 cm³/mol. The second kappa shape index (κ2) is 5.19. The first-order valence-electron chi connectivity index (χ1n) is 6.94. The molecule has 0 spiro atoms. The van der Waals surface area contributed by atoms with Crippen molar-refractivity contribution in [2.75, 3.05) is 38.1 Å². The number of rotatable bonds is 1. The van der Waals surface area contributed by atoms with Crippen LogP contribution in [0.2, 0.25) is 10.0 Å². The molecule has 0 radical (unpaired) electrons. The van der Waals surface area contributed by atoms with E-state index in [-0.39, 0.29) is 0 Å². The second-order valence-electron chi connectivity index (χ2n) is 5.40. The Bertz CT molecular complexity index is 854. The SMILES string of the molecule is CN1CCN(c2nc3cc(Cl)c(Cl)cc3n3nnnc23)CC1. The van der Waals surface area contributed by atoms with Gasteiger partial charge in [-0.2, -0.15) is 4.52 Å². The van der Waals surface area contributed by atoms with Crippen molar-refractivity contribution in [3.63, 3.8) is 0 Å². The van der Waals surface area contributed by atoms with Gasteiger partial charge in [0.1, 0.15) is 0 Å². The van der Waals surface area contributed by atoms with Crippen LogP contribution in [0.4, 0.5) is 5.82 Å². The molecule has 9 heteroatoms. The van der Waals surface area contributed by atoms with Crippen LogP contribution in [-0.2, 0) is 0 Å². The van der Waals surface area contributed by atoms with E-state index in [9.17, 15) is 0 Å². The van der Waals surface area contributed by atoms with E-state index in [2.05, 4.69) is 32.4 Å². The summed E-state index contributed by atoms with van der Waals surface area (Å²) < 4.78 is 1.66. The Morgan fingerprint density at radius 1 is 1.05 bits per heavy atom. The van der Waals surface area contributed by atoms with Gasteiger partial charge in [-0.05, 0) is 29.6 Å². The number of fused-ring (bicyclic) bond motifs is 3. The minimum Gasteiger partial charge on any atom is -0.351 e. The van der Waals surface area contributed by atoms with Gasteiger partial charge in [0.15, 0.2) is 5.82 Å². The molecule has 1 saturated heterocycles. The number of likely N-dealkylation sites (N-methyl/N-ethyl adjacent to an activating group) is 1. The highest BCUT2D eigenvalue weighted by molar-refractivity contribution is 6.42. The van der Waals surface area contributed by atoms with Crippen LogP contribution in [0.25, 0.3) is 16.7 Å². The van der Waals surface area contributed by atoms with Gasteiger partial charge in [0, 0.05) is 26.2 Å². The molecule has 3 aromatic rings. The number of hydrogen-bond donors (Lipinski definition) is 0. The molecule has 0 unspecified atom stereocenters. The average molecular weight is 338 g/mol. The molecule has 1 aliphatic heterocycles. The number of anilines is 1. The van der Waals surface area contributed by atoms with Crippen LogP contribution in [0, 0.1) is 0 Å². The van der Waals surface area contributed by atoms with Crippen LogP contribution in [0.15, 0.2) is 12.1 Å². The van der Waals surface area contributed by atoms with E-state index in [4.69, 9.17) is 28.2 Å². The third-order valence-electron chi connectivity index (χ3n) is 3.94. The zero-order chi connectivity index (χ0) is 15.3. The van der Waals surface area contributed by atoms with Gasteiger partial charge in [-0.15, -0.1) is 5.10 Å². The maximum absolute atomic E-state index is 6.12. The summed E-state index contributed by atoms with van der Waals surface area (Å²) >= 11 is 12.2. The first-order chi connectivity index (χ1) is 10.6. The fraction of sp³-hybridized carbons (Fsp3) is 0.385. The topological polar surface area (TPSA) is 62.5 Å². The summed E-state index contributed by atoms with van der Waals surface area (Å²) in [6.07, 6.45) is 0. The van der Waals surface area contributed by atoms with E-state index in [0.717, 1.165) is 43.0 Å². The molecule has 1 aliphatic rings. The Morgan fingerprint density at radius 3 is 2.55 bits per heavy atom. The van der Waals surface area contributed by atoms with Gasteiger partial charge in [-0.3, -0.25) is 0 Å². The third-order valence-corrected chi connectivity index (χ3v) is 4.67. The molecule has 0 amide bonds. The number of nitrogens with zero attached hydrogens (tertiary/aromatic N) is 7. The lowest BCUT2D eigenvalue weighted by Gasteiger charge is -2.33. The average Bonchev–Trinajstić information content (AvgIpc) is 2.99. The maximum Gasteiger partial charge on any atom is 0.222 e. The highest BCUT2D eigenvalue weighted by Gasteiger charge is 2.21. The quantitative estimate of drug-likeness (QED) is 0.673. The molecule has 4 rings (SSSR count). The van der Waals surface area contributed by atoms with Gasteiger partial charge >= 0.3 is 0 Å². The Labute approximate surface area is 136 Å². The fourth-order valence-electron chi connectivity index (χ4n) is 2.67. The van der Waals surface area contributed by atoms with Crippen LogP contribution in [0.5, 0.6) is 0 Å². The molecule has 3 heterocycles. The molecule has 0 aliphatic carbocycles. The van der Waals surface area contributed by atoms with Crippen molar-refractivity contribution in [1.29, 1.82) is 0 Å². The lowest BCUT2D eigenvalue weighted by molar-refractivity contribution is 0.312. The molecule has 0 saturated carbocycles. The highest BCUT2D eigenvalue weighted by atomic mass is 35.5. The minimum absolute atomic E-state index is 0.458. The highest BCUT2D eigenvalue weighted by Crippen LogP contribution is 2.29. The molecule has 114 valence electrons. The van der Waals surface area contributed by atoms with Crippen molar-refractivity contribution in [2.24, 2.45) is 0 Å². The molecule has 0 bridgehead atoms. The van der Waals surface area contributed by atoms with Crippen molar-refractivity contribution in [3.05, 3.63) is 22.2 Å². The predicted octanol–water partition coefficient (Wildman–Crippen LogP) is 1.73. The Hall–Kier alpha value is -1.70. The lowest BCUT2D eigenvalue weighted by Crippen LogP contribution is -2.45. The standard InChI is InChI=1S/C13H13Cl2N7/c1-20-2-4-21(5-3-20)12-13-17-18-19-22(13)11-7-9(15)8(14)6-10(11)16-12/h6-7H,2-5H2,1H3. The largest absolute Gasteiger partial charge is 0.351 e. The first-order valence-corrected chi connectivity index (χ1v) is 7.69. The smallest absolute Gasteiger partial charge is 0.222 e. The van der Waals surface area contributed by atoms with Gasteiger partial charge in [0.05, 0.1) is 21.1 Å². The second-order valence-corrected chi connectivity index (χ2v) is 6.21. The van der Waals surface area contributed by atoms with Crippen LogP contribution >= 0.6 is 23.2 Å². The first kappa shape index (κ1) is 13.9. The number of benzene rings is 1. The van der Waals surface area contributed by atoms with E-state index >= 15 is 0 Å². The van der Waals surface area contributed by atoms with Crippen molar-refractivity contribution in [1.82, 2.24) is 29.9 Å². The van der Waals surface area contributed by atoms with Crippen molar-refractivity contribution in [3.8, 4) is 0 Å². The zero-order valence-corrected chi connectivity index (χ0v) is 13.4. The Kier molecular flexibility index (Phi) is 3.28. The normalized spacial score (nSPS) is 16.8. The molecule has 0 N–H and O–H groups in total. The van der Waals surface area contributed by atoms with E-state index < -0.39 is 0 Å². The van der Waals surface area contributed by atoms with Crippen LogP contribution in [0.3, 0.4) is 0 Å². The van der Waals surface area contributed by atoms with Gasteiger partial charge in [0.25, 0.3) is 0 Å². The third kappa shape index (κ3) is 2.16. The van der Waals surface area contributed by atoms with Crippen molar-refractivity contribution < 1.29 is 0 Å². The minimum atomic E-state index is 0.458. The molecule has 2 aromatic heterocycles. The number of aromatic nitrogens is 5. The van der Waals surface area contributed by atoms with E-state index in [0.29, 0.717) is 15.7 Å². The number of tetrazole rings is 1. The fourth-order valence-corrected chi connectivity index (χ4v) is 2.98. The molecule has 1 fully saturated rings. The van der Waals surface area contributed by atoms with Gasteiger partial charge in [0.2, 0.25) is 5.65 Å². The summed E-state index contributed by atoms with van der Waals surface area (Å²) in [7, 11) is 2.11. The monoisotopic (exact) mass is 337 g/mol. The summed E-state index contributed by atoms with van der Waals surface area (Å²) in [6, 6.07) is 3.49. The van der Waals surface area contributed by atoms with E-state index in [1.165, 1.54) is 0 Å². The maximum atomic E-state index is 6.12. The summed E-state index contributed by atoms with van der Waals surface area (Å²) in [4.78, 5) is 9.21. The van der Waals surface area contributed by atoms with E-state index in [1.54, 1.807) is 16.6 Å². The summed E-state index contributed by atoms with van der Waals surface area (Å²) in [5.41, 5.74) is 2.10. The zero-order valence-electron chi connectivity index (χ0n) is 11.9. The molecule has 0 atom stereocenters. The van der Waals surface area contributed by atoms with Gasteiger partial charge in [-0.25, -0.2) is 4.98 Å². The lowest BCUT2D eigenvalue weighted by atomic mass is 10.3. The summed E-state index contributed by atoms with van der Waals surface area (Å²) in [5.74, 6) is 0.781. The van der Waals surface area contributed by atoms with Crippen LogP contribution < -0.4 is 4.90 Å². The van der Waals surface area contributed by atoms with Gasteiger partial charge < -0.3 is 9.80 Å². The van der Waals surface area contributed by atoms with Crippen molar-refractivity contribution >= 4 is 45.7 Å². The van der Waals surface area contributed by atoms with Crippen molar-refractivity contribution in [2.45, 2.75) is 0 Å². The summed E-state index contributed by atoms with van der Waals surface area (Å²) in [6.45, 7) is 3.74. The number of halogens is 2. The molecule has 22 heavy (non-hydrogen) atoms.